The van der Waals surface area contributed by atoms with E-state index in [-0.39, 0.29) is 18.2 Å². The summed E-state index contributed by atoms with van der Waals surface area (Å²) < 4.78 is 32.6. The van der Waals surface area contributed by atoms with Crippen LogP contribution >= 0.6 is 0 Å². The summed E-state index contributed by atoms with van der Waals surface area (Å²) in [6.07, 6.45) is 2.45. The van der Waals surface area contributed by atoms with Crippen LogP contribution in [0.4, 0.5) is 8.78 Å². The number of nitrogens with one attached hydrogen (secondary N) is 1. The van der Waals surface area contributed by atoms with Crippen molar-refractivity contribution in [1.82, 2.24) is 5.32 Å². The van der Waals surface area contributed by atoms with E-state index in [1.54, 1.807) is 24.3 Å². The zero-order valence-corrected chi connectivity index (χ0v) is 17.2. The molecule has 1 aliphatic carbocycles. The number of benzene rings is 2. The molecule has 29 heavy (non-hydrogen) atoms. The summed E-state index contributed by atoms with van der Waals surface area (Å²) in [4.78, 5) is 0. The van der Waals surface area contributed by atoms with Crippen molar-refractivity contribution in [3.63, 3.8) is 0 Å². The standard InChI is InChI=1S/C24H31F2NO2/c1-16-4-3-5-23(17(16)2)27-14-22(28)15-29-24(18-6-10-20(25)11-7-18)19-8-12-21(26)13-9-19/h6-13,16-17,22-24,27-28H,3-5,14-15H2,1-2H3/t16-,17+,22-,23+/m0/s1. The Labute approximate surface area is 172 Å². The van der Waals surface area contributed by atoms with Gasteiger partial charge in [0.05, 0.1) is 12.7 Å². The number of hydrogen-bond acceptors (Lipinski definition) is 3. The van der Waals surface area contributed by atoms with E-state index in [2.05, 4.69) is 19.2 Å². The molecule has 0 bridgehead atoms. The first-order valence-electron chi connectivity index (χ1n) is 10.5. The number of aliphatic hydroxyl groups excluding tert-OH is 1. The molecular formula is C24H31F2NO2. The van der Waals surface area contributed by atoms with Crippen LogP contribution < -0.4 is 5.32 Å². The largest absolute Gasteiger partial charge is 0.389 e. The van der Waals surface area contributed by atoms with Crippen molar-refractivity contribution < 1.29 is 18.6 Å². The second kappa shape index (κ2) is 10.3. The molecule has 3 rings (SSSR count). The maximum absolute atomic E-state index is 13.3. The van der Waals surface area contributed by atoms with Crippen LogP contribution in [-0.2, 0) is 4.74 Å². The molecule has 5 heteroatoms. The minimum atomic E-state index is -0.664. The third-order valence-electron chi connectivity index (χ3n) is 6.12. The summed E-state index contributed by atoms with van der Waals surface area (Å²) in [7, 11) is 0. The lowest BCUT2D eigenvalue weighted by atomic mass is 9.78. The van der Waals surface area contributed by atoms with Crippen molar-refractivity contribution >= 4 is 0 Å². The predicted octanol–water partition coefficient (Wildman–Crippen LogP) is 4.85. The van der Waals surface area contributed by atoms with Gasteiger partial charge in [0, 0.05) is 12.6 Å². The molecule has 0 saturated heterocycles. The zero-order chi connectivity index (χ0) is 20.8. The van der Waals surface area contributed by atoms with E-state index >= 15 is 0 Å². The molecular weight excluding hydrogens is 372 g/mol. The van der Waals surface area contributed by atoms with Gasteiger partial charge in [-0.25, -0.2) is 8.78 Å². The van der Waals surface area contributed by atoms with Crippen LogP contribution in [0.1, 0.15) is 50.3 Å². The highest BCUT2D eigenvalue weighted by molar-refractivity contribution is 5.30. The van der Waals surface area contributed by atoms with Gasteiger partial charge in [0.15, 0.2) is 0 Å². The van der Waals surface area contributed by atoms with Gasteiger partial charge in [-0.3, -0.25) is 0 Å². The SMILES string of the molecule is C[C@@H]1[C@@H](C)CCC[C@H]1NC[C@H](O)COC(c1ccc(F)cc1)c1ccc(F)cc1. The van der Waals surface area contributed by atoms with Crippen molar-refractivity contribution in [1.29, 1.82) is 0 Å². The molecule has 0 aliphatic heterocycles. The lowest BCUT2D eigenvalue weighted by molar-refractivity contribution is 0.00383. The van der Waals surface area contributed by atoms with E-state index < -0.39 is 12.2 Å². The molecule has 158 valence electrons. The minimum absolute atomic E-state index is 0.128. The summed E-state index contributed by atoms with van der Waals surface area (Å²) >= 11 is 0. The first kappa shape index (κ1) is 21.9. The Morgan fingerprint density at radius 3 is 2.07 bits per heavy atom. The van der Waals surface area contributed by atoms with Crippen molar-refractivity contribution in [2.75, 3.05) is 13.2 Å². The van der Waals surface area contributed by atoms with Crippen LogP contribution in [-0.4, -0.2) is 30.4 Å². The maximum atomic E-state index is 13.3. The molecule has 0 aromatic heterocycles. The Hall–Kier alpha value is -1.82. The van der Waals surface area contributed by atoms with E-state index in [9.17, 15) is 13.9 Å². The summed E-state index contributed by atoms with van der Waals surface area (Å²) in [5.41, 5.74) is 1.51. The van der Waals surface area contributed by atoms with Crippen LogP contribution in [0.5, 0.6) is 0 Å². The van der Waals surface area contributed by atoms with Crippen molar-refractivity contribution in [2.45, 2.75) is 51.4 Å². The molecule has 0 radical (unpaired) electrons. The first-order chi connectivity index (χ1) is 13.9. The summed E-state index contributed by atoms with van der Waals surface area (Å²) in [6.45, 7) is 5.14. The fourth-order valence-corrected chi connectivity index (χ4v) is 4.08. The molecule has 0 amide bonds. The van der Waals surface area contributed by atoms with Crippen LogP contribution in [0.15, 0.2) is 48.5 Å². The minimum Gasteiger partial charge on any atom is -0.389 e. The molecule has 0 spiro atoms. The third-order valence-corrected chi connectivity index (χ3v) is 6.12. The highest BCUT2D eigenvalue weighted by atomic mass is 19.1. The zero-order valence-electron chi connectivity index (χ0n) is 17.2. The Kier molecular flexibility index (Phi) is 7.76. The lowest BCUT2D eigenvalue weighted by Gasteiger charge is -2.35. The van der Waals surface area contributed by atoms with Crippen LogP contribution in [0, 0.1) is 23.5 Å². The molecule has 2 N–H and O–H groups in total. The fraction of sp³-hybridized carbons (Fsp3) is 0.500. The van der Waals surface area contributed by atoms with Crippen LogP contribution in [0.3, 0.4) is 0 Å². The van der Waals surface area contributed by atoms with Gasteiger partial charge < -0.3 is 15.2 Å². The van der Waals surface area contributed by atoms with E-state index in [1.807, 2.05) is 0 Å². The van der Waals surface area contributed by atoms with Gasteiger partial charge in [-0.05, 0) is 53.6 Å². The van der Waals surface area contributed by atoms with Gasteiger partial charge >= 0.3 is 0 Å². The molecule has 3 nitrogen and oxygen atoms in total. The summed E-state index contributed by atoms with van der Waals surface area (Å²) in [5.74, 6) is 0.623. The second-order valence-corrected chi connectivity index (χ2v) is 8.25. The predicted molar refractivity (Wildman–Crippen MR) is 111 cm³/mol. The Morgan fingerprint density at radius 1 is 0.966 bits per heavy atom. The van der Waals surface area contributed by atoms with Gasteiger partial charge in [0.1, 0.15) is 17.7 Å². The van der Waals surface area contributed by atoms with Gasteiger partial charge in [-0.1, -0.05) is 51.0 Å². The summed E-state index contributed by atoms with van der Waals surface area (Å²) in [5, 5.41) is 13.9. The van der Waals surface area contributed by atoms with Crippen molar-refractivity contribution in [3.05, 3.63) is 71.3 Å². The molecule has 1 saturated carbocycles. The number of ether oxygens (including phenoxy) is 1. The van der Waals surface area contributed by atoms with Crippen LogP contribution in [0.25, 0.3) is 0 Å². The topological polar surface area (TPSA) is 41.5 Å². The van der Waals surface area contributed by atoms with E-state index in [1.165, 1.54) is 37.1 Å². The highest BCUT2D eigenvalue weighted by Gasteiger charge is 2.27. The molecule has 2 aromatic carbocycles. The highest BCUT2D eigenvalue weighted by Crippen LogP contribution is 2.30. The smallest absolute Gasteiger partial charge is 0.123 e. The van der Waals surface area contributed by atoms with E-state index in [4.69, 9.17) is 4.74 Å². The molecule has 1 fully saturated rings. The average Bonchev–Trinajstić information content (AvgIpc) is 2.71. The van der Waals surface area contributed by atoms with E-state index in [0.29, 0.717) is 24.4 Å². The molecule has 4 atom stereocenters. The van der Waals surface area contributed by atoms with Gasteiger partial charge in [0.25, 0.3) is 0 Å². The number of aliphatic hydroxyl groups is 1. The monoisotopic (exact) mass is 403 g/mol. The Morgan fingerprint density at radius 2 is 1.52 bits per heavy atom. The van der Waals surface area contributed by atoms with Crippen LogP contribution in [0.2, 0.25) is 0 Å². The van der Waals surface area contributed by atoms with Gasteiger partial charge in [-0.2, -0.15) is 0 Å². The Balaban J connectivity index is 1.60. The molecule has 0 unspecified atom stereocenters. The van der Waals surface area contributed by atoms with Crippen molar-refractivity contribution in [3.8, 4) is 0 Å². The van der Waals surface area contributed by atoms with Gasteiger partial charge in [0.2, 0.25) is 0 Å². The van der Waals surface area contributed by atoms with Crippen molar-refractivity contribution in [2.24, 2.45) is 11.8 Å². The second-order valence-electron chi connectivity index (χ2n) is 8.25. The van der Waals surface area contributed by atoms with E-state index in [0.717, 1.165) is 17.5 Å². The number of hydrogen-bond donors (Lipinski definition) is 2. The number of rotatable bonds is 8. The lowest BCUT2D eigenvalue weighted by Crippen LogP contribution is -2.44. The summed E-state index contributed by atoms with van der Waals surface area (Å²) in [6, 6.07) is 12.5. The molecule has 1 aliphatic rings. The van der Waals surface area contributed by atoms with Gasteiger partial charge in [-0.15, -0.1) is 0 Å². The average molecular weight is 404 g/mol. The maximum Gasteiger partial charge on any atom is 0.123 e. The number of halogens is 2. The quantitative estimate of drug-likeness (QED) is 0.662. The first-order valence-corrected chi connectivity index (χ1v) is 10.5. The fourth-order valence-electron chi connectivity index (χ4n) is 4.08. The molecule has 2 aromatic rings. The Bertz CT molecular complexity index is 705. The third kappa shape index (κ3) is 6.08. The normalized spacial score (nSPS) is 23.3. The molecule has 0 heterocycles.